The maximum absolute atomic E-state index is 8.96. The number of rotatable bonds is 5. The lowest BCUT2D eigenvalue weighted by Gasteiger charge is -2.34. The quantitative estimate of drug-likeness (QED) is 0.227. The highest BCUT2D eigenvalue weighted by Crippen LogP contribution is 2.78. The second-order valence-electron chi connectivity index (χ2n) is 6.99. The first-order valence-electron chi connectivity index (χ1n) is 8.33. The fourth-order valence-corrected chi connectivity index (χ4v) is 7.27. The van der Waals surface area contributed by atoms with Gasteiger partial charge in [-0.2, -0.15) is 0 Å². The van der Waals surface area contributed by atoms with E-state index < -0.39 is 51.7 Å². The first kappa shape index (κ1) is 26.5. The predicted octanol–water partition coefficient (Wildman–Crippen LogP) is 1.66. The summed E-state index contributed by atoms with van der Waals surface area (Å²) in [6, 6.07) is 0. The fourth-order valence-electron chi connectivity index (χ4n) is 3.75. The highest BCUT2D eigenvalue weighted by atomic mass is 35.5. The van der Waals surface area contributed by atoms with E-state index in [9.17, 15) is 0 Å². The van der Waals surface area contributed by atoms with Gasteiger partial charge in [0.1, 0.15) is 34.2 Å². The third kappa shape index (κ3) is 3.74. The lowest BCUT2D eigenvalue weighted by molar-refractivity contribution is -0.123. The number of alkyl halides is 5. The maximum Gasteiger partial charge on any atom is 0.167 e. The molecule has 0 aliphatic heterocycles. The molecule has 0 radical (unpaired) electrons. The third-order valence-corrected chi connectivity index (χ3v) is 10.1. The highest BCUT2D eigenvalue weighted by Gasteiger charge is 2.83. The average molecular weight is 555 g/mol. The van der Waals surface area contributed by atoms with Gasteiger partial charge >= 0.3 is 0 Å². The van der Waals surface area contributed by atoms with Crippen LogP contribution >= 0.6 is 81.2 Å². The zero-order valence-corrected chi connectivity index (χ0v) is 19.7. The van der Waals surface area contributed by atoms with Gasteiger partial charge in [0.25, 0.3) is 0 Å². The van der Waals surface area contributed by atoms with Crippen LogP contribution in [0.5, 0.6) is 0 Å². The summed E-state index contributed by atoms with van der Waals surface area (Å²) in [5.41, 5.74) is 0. The van der Waals surface area contributed by atoms with Crippen LogP contribution in [0.3, 0.4) is 0 Å². The van der Waals surface area contributed by atoms with Crippen LogP contribution in [-0.4, -0.2) is 87.7 Å². The summed E-state index contributed by atoms with van der Waals surface area (Å²) >= 11 is 44.5. The number of hydrogen-bond donors (Lipinski definition) is 6. The Morgan fingerprint density at radius 3 is 1.62 bits per heavy atom. The summed E-state index contributed by atoms with van der Waals surface area (Å²) < 4.78 is -1.48. The lowest BCUT2D eigenvalue weighted by atomic mass is 9.84. The molecule has 0 saturated heterocycles. The van der Waals surface area contributed by atoms with Crippen LogP contribution < -0.4 is 0 Å². The molecule has 0 aromatic heterocycles. The number of hydrogen-bond acceptors (Lipinski definition) is 6. The van der Waals surface area contributed by atoms with Crippen molar-refractivity contribution in [1.29, 1.82) is 0 Å². The van der Waals surface area contributed by atoms with Crippen LogP contribution in [-0.2, 0) is 0 Å². The standard InChI is InChI=1S/C10H5Cl7.C6H14O6/c11-4-2-1-3-5(4)9(15)7(13)6(12)8(3,14)10(9,16)17;7-1-3(9)5(11)6(12)4(10)2-8/h1-5H;3-12H,1-2H2/t;3-,4+,5-,6-/m.1/s1. The summed E-state index contributed by atoms with van der Waals surface area (Å²) in [6.45, 7) is -1.45. The van der Waals surface area contributed by atoms with Crippen molar-refractivity contribution in [3.63, 3.8) is 0 Å². The van der Waals surface area contributed by atoms with E-state index in [0.29, 0.717) is 0 Å². The van der Waals surface area contributed by atoms with Crippen LogP contribution in [0.2, 0.25) is 0 Å². The number of halogens is 7. The van der Waals surface area contributed by atoms with Gasteiger partial charge < -0.3 is 30.6 Å². The second-order valence-corrected chi connectivity index (χ2v) is 10.8. The fraction of sp³-hybridized carbons (Fsp3) is 0.750. The second kappa shape index (κ2) is 9.26. The zero-order chi connectivity index (χ0) is 22.5. The highest BCUT2D eigenvalue weighted by molar-refractivity contribution is 6.66. The predicted molar refractivity (Wildman–Crippen MR) is 114 cm³/mol. The van der Waals surface area contributed by atoms with Crippen molar-refractivity contribution in [2.75, 3.05) is 13.2 Å². The van der Waals surface area contributed by atoms with Gasteiger partial charge in [-0.25, -0.2) is 0 Å². The molecule has 168 valence electrons. The molecule has 0 heterocycles. The number of aliphatic hydroxyl groups is 6. The van der Waals surface area contributed by atoms with Gasteiger partial charge in [-0.3, -0.25) is 0 Å². The molecule has 5 unspecified atom stereocenters. The van der Waals surface area contributed by atoms with Gasteiger partial charge in [0.2, 0.25) is 0 Å². The van der Waals surface area contributed by atoms with Gasteiger partial charge in [0.05, 0.1) is 28.7 Å². The van der Waals surface area contributed by atoms with Gasteiger partial charge in [-0.15, -0.1) is 34.8 Å². The Bertz CT molecular complexity index is 677. The van der Waals surface area contributed by atoms with E-state index in [1.54, 1.807) is 0 Å². The topological polar surface area (TPSA) is 121 Å². The van der Waals surface area contributed by atoms with Crippen LogP contribution in [0.1, 0.15) is 0 Å². The van der Waals surface area contributed by atoms with Crippen molar-refractivity contribution in [3.05, 3.63) is 22.2 Å². The smallest absolute Gasteiger partial charge is 0.167 e. The molecule has 6 N–H and O–H groups in total. The first-order chi connectivity index (χ1) is 13.2. The van der Waals surface area contributed by atoms with Crippen LogP contribution in [0.25, 0.3) is 0 Å². The molecule has 9 atom stereocenters. The Morgan fingerprint density at radius 2 is 1.21 bits per heavy atom. The molecule has 3 aliphatic rings. The number of allylic oxidation sites excluding steroid dienone is 4. The molecular weight excluding hydrogens is 536 g/mol. The zero-order valence-electron chi connectivity index (χ0n) is 14.4. The third-order valence-electron chi connectivity index (χ3n) is 5.41. The normalized spacial score (nSPS) is 40.9. The minimum Gasteiger partial charge on any atom is -0.394 e. The molecule has 0 aromatic carbocycles. The molecule has 0 spiro atoms. The summed E-state index contributed by atoms with van der Waals surface area (Å²) in [7, 11) is 0. The van der Waals surface area contributed by atoms with Gasteiger partial charge in [0.15, 0.2) is 4.33 Å². The summed E-state index contributed by atoms with van der Waals surface area (Å²) in [5, 5.41) is 52.3. The van der Waals surface area contributed by atoms with E-state index in [4.69, 9.17) is 112 Å². The minimum absolute atomic E-state index is 0.205. The van der Waals surface area contributed by atoms with Crippen LogP contribution in [0.4, 0.5) is 0 Å². The first-order valence-corrected chi connectivity index (χ1v) is 11.0. The van der Waals surface area contributed by atoms with Crippen molar-refractivity contribution in [3.8, 4) is 0 Å². The minimum atomic E-state index is -1.67. The summed E-state index contributed by atoms with van der Waals surface area (Å²) in [4.78, 5) is -2.45. The van der Waals surface area contributed by atoms with Crippen molar-refractivity contribution >= 4 is 81.2 Å². The van der Waals surface area contributed by atoms with Crippen molar-refractivity contribution < 1.29 is 30.6 Å². The molecule has 3 rings (SSSR count). The molecule has 6 nitrogen and oxygen atoms in total. The van der Waals surface area contributed by atoms with Crippen LogP contribution in [0.15, 0.2) is 22.2 Å². The largest absolute Gasteiger partial charge is 0.394 e. The maximum atomic E-state index is 8.96. The lowest BCUT2D eigenvalue weighted by Crippen LogP contribution is -2.46. The summed E-state index contributed by atoms with van der Waals surface area (Å²) in [6.07, 6.45) is -2.70. The van der Waals surface area contributed by atoms with E-state index in [-0.39, 0.29) is 27.3 Å². The molecule has 1 fully saturated rings. The molecule has 1 saturated carbocycles. The number of aliphatic hydroxyl groups excluding tert-OH is 6. The molecule has 29 heavy (non-hydrogen) atoms. The van der Waals surface area contributed by atoms with Gasteiger partial charge in [-0.05, 0) is 0 Å². The summed E-state index contributed by atoms with van der Waals surface area (Å²) in [5.74, 6) is -0.470. The Morgan fingerprint density at radius 1 is 0.793 bits per heavy atom. The Balaban J connectivity index is 0.000000223. The van der Waals surface area contributed by atoms with E-state index in [2.05, 4.69) is 0 Å². The van der Waals surface area contributed by atoms with Crippen LogP contribution in [0, 0.1) is 11.8 Å². The number of fused-ring (bicyclic) bond motifs is 5. The molecule has 3 aliphatic carbocycles. The Hall–Kier alpha value is 1.27. The van der Waals surface area contributed by atoms with E-state index in [1.807, 2.05) is 12.2 Å². The van der Waals surface area contributed by atoms with Gasteiger partial charge in [-0.1, -0.05) is 58.6 Å². The van der Waals surface area contributed by atoms with Gasteiger partial charge in [0, 0.05) is 11.8 Å². The van der Waals surface area contributed by atoms with Crippen molar-refractivity contribution in [2.45, 2.75) is 43.9 Å². The van der Waals surface area contributed by atoms with Crippen molar-refractivity contribution in [1.82, 2.24) is 0 Å². The molecule has 0 aromatic rings. The average Bonchev–Trinajstić information content (AvgIpc) is 3.18. The monoisotopic (exact) mass is 552 g/mol. The molecule has 0 amide bonds. The van der Waals surface area contributed by atoms with E-state index in [1.165, 1.54) is 0 Å². The Kier molecular flexibility index (Phi) is 8.47. The van der Waals surface area contributed by atoms with E-state index >= 15 is 0 Å². The molecule has 2 bridgehead atoms. The van der Waals surface area contributed by atoms with Crippen molar-refractivity contribution in [2.24, 2.45) is 11.8 Å². The molecular formula is C16H19Cl7O6. The Labute approximate surface area is 202 Å². The molecule has 13 heteroatoms. The SMILES string of the molecule is ClC1=C(Cl)C2(Cl)C3C(Cl)C=CC3C1(Cl)C2(Cl)Cl.OC[C@@H](O)[C@@H](O)[C@H](O)[C@@H](O)CO. The van der Waals surface area contributed by atoms with E-state index in [0.717, 1.165) is 0 Å².